The van der Waals surface area contributed by atoms with Crippen molar-refractivity contribution < 1.29 is 0 Å². The van der Waals surface area contributed by atoms with E-state index >= 15 is 0 Å². The summed E-state index contributed by atoms with van der Waals surface area (Å²) in [4.78, 5) is 17.8. The van der Waals surface area contributed by atoms with E-state index in [1.54, 1.807) is 4.68 Å². The van der Waals surface area contributed by atoms with Gasteiger partial charge in [-0.1, -0.05) is 62.4 Å². The number of anilines is 1. The minimum absolute atomic E-state index is 0.0813. The van der Waals surface area contributed by atoms with Crippen molar-refractivity contribution >= 4 is 27.4 Å². The smallest absolute Gasteiger partial charge is 0.280 e. The van der Waals surface area contributed by atoms with Gasteiger partial charge in [0.25, 0.3) is 5.56 Å². The predicted octanol–water partition coefficient (Wildman–Crippen LogP) is 4.55. The molecule has 0 spiro atoms. The van der Waals surface area contributed by atoms with Crippen molar-refractivity contribution in [1.82, 2.24) is 9.66 Å². The van der Waals surface area contributed by atoms with Crippen LogP contribution in [0.4, 0.5) is 5.69 Å². The van der Waals surface area contributed by atoms with Crippen LogP contribution in [-0.4, -0.2) is 9.66 Å². The molecular formula is C21H19N3O. The summed E-state index contributed by atoms with van der Waals surface area (Å²) in [6.45, 7) is 4.08. The Bertz CT molecular complexity index is 1120. The van der Waals surface area contributed by atoms with Gasteiger partial charge in [0.05, 0.1) is 16.6 Å². The Hall–Kier alpha value is -3.14. The van der Waals surface area contributed by atoms with Crippen molar-refractivity contribution in [2.75, 3.05) is 5.43 Å². The van der Waals surface area contributed by atoms with Crippen molar-refractivity contribution in [3.63, 3.8) is 0 Å². The molecule has 1 heterocycles. The number of fused-ring (bicyclic) bond motifs is 2. The molecule has 0 unspecified atom stereocenters. The average molecular weight is 329 g/mol. The summed E-state index contributed by atoms with van der Waals surface area (Å²) in [5.74, 6) is 0.830. The summed E-state index contributed by atoms with van der Waals surface area (Å²) in [6, 6.07) is 21.6. The highest BCUT2D eigenvalue weighted by molar-refractivity contribution is 5.93. The number of hydrogen-bond acceptors (Lipinski definition) is 3. The molecule has 0 radical (unpaired) electrons. The Morgan fingerprint density at radius 3 is 2.36 bits per heavy atom. The van der Waals surface area contributed by atoms with Crippen molar-refractivity contribution in [2.24, 2.45) is 0 Å². The first-order chi connectivity index (χ1) is 12.1. The number of aromatic nitrogens is 2. The topological polar surface area (TPSA) is 46.9 Å². The summed E-state index contributed by atoms with van der Waals surface area (Å²) < 4.78 is 1.58. The highest BCUT2D eigenvalue weighted by Gasteiger charge is 2.14. The van der Waals surface area contributed by atoms with Crippen molar-refractivity contribution in [1.29, 1.82) is 0 Å². The van der Waals surface area contributed by atoms with Crippen LogP contribution in [0.15, 0.2) is 71.5 Å². The minimum Gasteiger partial charge on any atom is -0.289 e. The number of benzene rings is 3. The lowest BCUT2D eigenvalue weighted by molar-refractivity contribution is 0.694. The Morgan fingerprint density at radius 2 is 1.56 bits per heavy atom. The zero-order chi connectivity index (χ0) is 17.4. The van der Waals surface area contributed by atoms with E-state index < -0.39 is 0 Å². The van der Waals surface area contributed by atoms with Gasteiger partial charge in [-0.05, 0) is 23.6 Å². The molecule has 1 aromatic heterocycles. The molecule has 0 saturated carbocycles. The van der Waals surface area contributed by atoms with Gasteiger partial charge in [-0.3, -0.25) is 10.2 Å². The molecule has 4 nitrogen and oxygen atoms in total. The first kappa shape index (κ1) is 15.4. The van der Waals surface area contributed by atoms with E-state index in [1.807, 2.05) is 68.4 Å². The van der Waals surface area contributed by atoms with E-state index in [9.17, 15) is 4.79 Å². The lowest BCUT2D eigenvalue weighted by Crippen LogP contribution is -2.31. The van der Waals surface area contributed by atoms with E-state index in [-0.39, 0.29) is 11.5 Å². The summed E-state index contributed by atoms with van der Waals surface area (Å²) in [5, 5.41) is 2.81. The van der Waals surface area contributed by atoms with Crippen LogP contribution < -0.4 is 11.0 Å². The molecule has 0 bridgehead atoms. The van der Waals surface area contributed by atoms with Gasteiger partial charge < -0.3 is 0 Å². The predicted molar refractivity (Wildman–Crippen MR) is 103 cm³/mol. The molecule has 124 valence electrons. The van der Waals surface area contributed by atoms with Crippen LogP contribution in [0.25, 0.3) is 21.7 Å². The minimum atomic E-state index is -0.0813. The number of para-hydroxylation sites is 1. The summed E-state index contributed by atoms with van der Waals surface area (Å²) in [6.07, 6.45) is 0. The van der Waals surface area contributed by atoms with E-state index in [2.05, 4.69) is 17.6 Å². The first-order valence-corrected chi connectivity index (χ1v) is 8.41. The van der Waals surface area contributed by atoms with Gasteiger partial charge in [0.2, 0.25) is 0 Å². The lowest BCUT2D eigenvalue weighted by Gasteiger charge is -2.18. The third-order valence-corrected chi connectivity index (χ3v) is 4.34. The standard InChI is InChI=1S/C21H19N3O/c1-14(2)20-22-18-12-6-5-11-17(18)21(25)24(20)23-19-13-7-9-15-8-3-4-10-16(15)19/h3-14,23H,1-2H3. The Kier molecular flexibility index (Phi) is 3.73. The second kappa shape index (κ2) is 6.06. The van der Waals surface area contributed by atoms with E-state index in [0.717, 1.165) is 27.8 Å². The molecule has 0 aliphatic heterocycles. The molecule has 4 heteroatoms. The zero-order valence-corrected chi connectivity index (χ0v) is 14.2. The largest absolute Gasteiger partial charge is 0.289 e. The SMILES string of the molecule is CC(C)c1nc2ccccc2c(=O)n1Nc1cccc2ccccc12. The quantitative estimate of drug-likeness (QED) is 0.600. The molecule has 0 saturated heterocycles. The fraction of sp³-hybridized carbons (Fsp3) is 0.143. The number of hydrogen-bond donors (Lipinski definition) is 1. The van der Waals surface area contributed by atoms with Crippen LogP contribution in [-0.2, 0) is 0 Å². The molecule has 0 amide bonds. The van der Waals surface area contributed by atoms with Gasteiger partial charge in [0, 0.05) is 11.3 Å². The van der Waals surface area contributed by atoms with Crippen molar-refractivity contribution in [3.8, 4) is 0 Å². The molecule has 1 N–H and O–H groups in total. The van der Waals surface area contributed by atoms with Crippen LogP contribution in [0.1, 0.15) is 25.6 Å². The molecule has 0 fully saturated rings. The zero-order valence-electron chi connectivity index (χ0n) is 14.2. The molecule has 0 aliphatic carbocycles. The molecule has 3 aromatic carbocycles. The molecule has 0 atom stereocenters. The molecule has 25 heavy (non-hydrogen) atoms. The average Bonchev–Trinajstić information content (AvgIpc) is 2.64. The molecular weight excluding hydrogens is 310 g/mol. The molecule has 4 aromatic rings. The third kappa shape index (κ3) is 2.66. The Morgan fingerprint density at radius 1 is 0.880 bits per heavy atom. The third-order valence-electron chi connectivity index (χ3n) is 4.34. The van der Waals surface area contributed by atoms with E-state index in [0.29, 0.717) is 5.39 Å². The Balaban J connectivity index is 1.95. The molecule has 4 rings (SSSR count). The second-order valence-electron chi connectivity index (χ2n) is 6.42. The van der Waals surface area contributed by atoms with Crippen molar-refractivity contribution in [2.45, 2.75) is 19.8 Å². The fourth-order valence-electron chi connectivity index (χ4n) is 3.09. The maximum atomic E-state index is 13.1. The Labute approximate surface area is 145 Å². The van der Waals surface area contributed by atoms with Crippen LogP contribution >= 0.6 is 0 Å². The van der Waals surface area contributed by atoms with Crippen LogP contribution in [0.2, 0.25) is 0 Å². The summed E-state index contributed by atoms with van der Waals surface area (Å²) in [5.41, 5.74) is 4.83. The maximum absolute atomic E-state index is 13.1. The monoisotopic (exact) mass is 329 g/mol. The normalized spacial score (nSPS) is 11.3. The van der Waals surface area contributed by atoms with Gasteiger partial charge in [-0.15, -0.1) is 0 Å². The van der Waals surface area contributed by atoms with E-state index in [4.69, 9.17) is 4.98 Å². The van der Waals surface area contributed by atoms with Gasteiger partial charge >= 0.3 is 0 Å². The lowest BCUT2D eigenvalue weighted by atomic mass is 10.1. The van der Waals surface area contributed by atoms with Gasteiger partial charge in [0.1, 0.15) is 5.82 Å². The van der Waals surface area contributed by atoms with Crippen molar-refractivity contribution in [3.05, 3.63) is 82.9 Å². The second-order valence-corrected chi connectivity index (χ2v) is 6.42. The van der Waals surface area contributed by atoms with E-state index in [1.165, 1.54) is 0 Å². The van der Waals surface area contributed by atoms with Gasteiger partial charge in [-0.2, -0.15) is 0 Å². The summed E-state index contributed by atoms with van der Waals surface area (Å²) in [7, 11) is 0. The highest BCUT2D eigenvalue weighted by Crippen LogP contribution is 2.24. The van der Waals surface area contributed by atoms with Crippen LogP contribution in [0.5, 0.6) is 0 Å². The fourth-order valence-corrected chi connectivity index (χ4v) is 3.09. The summed E-state index contributed by atoms with van der Waals surface area (Å²) >= 11 is 0. The number of nitrogens with one attached hydrogen (secondary N) is 1. The highest BCUT2D eigenvalue weighted by atomic mass is 16.1. The number of nitrogens with zero attached hydrogens (tertiary/aromatic N) is 2. The van der Waals surface area contributed by atoms with Gasteiger partial charge in [-0.25, -0.2) is 9.66 Å². The number of rotatable bonds is 3. The molecule has 0 aliphatic rings. The van der Waals surface area contributed by atoms with Crippen LogP contribution in [0, 0.1) is 0 Å². The van der Waals surface area contributed by atoms with Gasteiger partial charge in [0.15, 0.2) is 0 Å². The van der Waals surface area contributed by atoms with Crippen LogP contribution in [0.3, 0.4) is 0 Å². The maximum Gasteiger partial charge on any atom is 0.280 e. The first-order valence-electron chi connectivity index (χ1n) is 8.41.